The van der Waals surface area contributed by atoms with Crippen LogP contribution < -0.4 is 11.1 Å². The van der Waals surface area contributed by atoms with Crippen LogP contribution in [-0.2, 0) is 4.79 Å². The summed E-state index contributed by atoms with van der Waals surface area (Å²) in [5, 5.41) is 6.99. The Hall–Kier alpha value is -2.21. The molecule has 0 radical (unpaired) electrons. The van der Waals surface area contributed by atoms with Gasteiger partial charge >= 0.3 is 0 Å². The molecule has 1 fully saturated rings. The third kappa shape index (κ3) is 2.70. The average molecular weight is 271 g/mol. The van der Waals surface area contributed by atoms with Gasteiger partial charge in [0.15, 0.2) is 0 Å². The quantitative estimate of drug-likeness (QED) is 0.882. The standard InChI is InChI=1S/C14H17N5O/c15-11-2-1-10(7-11)14(20)18-12-3-5-13(6-4-12)19-9-16-8-17-19/h3-6,8-11H,1-2,7,15H2,(H,18,20). The van der Waals surface area contributed by atoms with E-state index in [2.05, 4.69) is 15.4 Å². The minimum Gasteiger partial charge on any atom is -0.328 e. The molecule has 1 aliphatic carbocycles. The van der Waals surface area contributed by atoms with Crippen LogP contribution in [0.25, 0.3) is 5.69 Å². The van der Waals surface area contributed by atoms with Crippen LogP contribution in [-0.4, -0.2) is 26.7 Å². The van der Waals surface area contributed by atoms with Crippen LogP contribution in [0.1, 0.15) is 19.3 Å². The molecule has 1 amide bonds. The van der Waals surface area contributed by atoms with Gasteiger partial charge in [-0.05, 0) is 43.5 Å². The highest BCUT2D eigenvalue weighted by atomic mass is 16.1. The average Bonchev–Trinajstić information content (AvgIpc) is 3.10. The molecule has 0 bridgehead atoms. The number of nitrogens with two attached hydrogens (primary N) is 1. The summed E-state index contributed by atoms with van der Waals surface area (Å²) in [6.07, 6.45) is 5.71. The molecule has 2 aromatic rings. The van der Waals surface area contributed by atoms with Gasteiger partial charge in [0.05, 0.1) is 5.69 Å². The number of nitrogens with zero attached hydrogens (tertiary/aromatic N) is 3. The molecule has 3 rings (SSSR count). The SMILES string of the molecule is NC1CCC(C(=O)Nc2ccc(-n3cncn3)cc2)C1. The number of carbonyl (C=O) groups is 1. The van der Waals surface area contributed by atoms with Crippen molar-refractivity contribution in [2.45, 2.75) is 25.3 Å². The first-order chi connectivity index (χ1) is 9.72. The summed E-state index contributed by atoms with van der Waals surface area (Å²) in [7, 11) is 0. The van der Waals surface area contributed by atoms with Crippen molar-refractivity contribution in [1.29, 1.82) is 0 Å². The highest BCUT2D eigenvalue weighted by molar-refractivity contribution is 5.92. The molecular weight excluding hydrogens is 254 g/mol. The molecule has 6 heteroatoms. The minimum atomic E-state index is 0.0417. The molecule has 1 saturated carbocycles. The summed E-state index contributed by atoms with van der Waals surface area (Å²) in [5.74, 6) is 0.103. The number of aromatic nitrogens is 3. The Bertz CT molecular complexity index is 578. The monoisotopic (exact) mass is 271 g/mol. The van der Waals surface area contributed by atoms with E-state index in [0.717, 1.165) is 30.6 Å². The van der Waals surface area contributed by atoms with Crippen LogP contribution in [0.5, 0.6) is 0 Å². The maximum atomic E-state index is 12.1. The highest BCUT2D eigenvalue weighted by Gasteiger charge is 2.27. The van der Waals surface area contributed by atoms with E-state index in [9.17, 15) is 4.79 Å². The van der Waals surface area contributed by atoms with Crippen molar-refractivity contribution >= 4 is 11.6 Å². The number of hydrogen-bond donors (Lipinski definition) is 2. The van der Waals surface area contributed by atoms with E-state index in [1.165, 1.54) is 6.33 Å². The van der Waals surface area contributed by atoms with E-state index in [-0.39, 0.29) is 17.9 Å². The zero-order valence-corrected chi connectivity index (χ0v) is 11.1. The zero-order chi connectivity index (χ0) is 13.9. The maximum absolute atomic E-state index is 12.1. The van der Waals surface area contributed by atoms with Gasteiger partial charge in [-0.3, -0.25) is 4.79 Å². The Labute approximate surface area is 117 Å². The van der Waals surface area contributed by atoms with Crippen molar-refractivity contribution < 1.29 is 4.79 Å². The number of benzene rings is 1. The second-order valence-electron chi connectivity index (χ2n) is 5.15. The molecule has 3 N–H and O–H groups in total. The lowest BCUT2D eigenvalue weighted by Crippen LogP contribution is -2.23. The fourth-order valence-corrected chi connectivity index (χ4v) is 2.54. The number of amides is 1. The summed E-state index contributed by atoms with van der Waals surface area (Å²) >= 11 is 0. The van der Waals surface area contributed by atoms with Gasteiger partial charge in [0.2, 0.25) is 5.91 Å². The van der Waals surface area contributed by atoms with Gasteiger partial charge in [-0.2, -0.15) is 5.10 Å². The highest BCUT2D eigenvalue weighted by Crippen LogP contribution is 2.25. The van der Waals surface area contributed by atoms with Gasteiger partial charge in [0, 0.05) is 17.6 Å². The van der Waals surface area contributed by atoms with Crippen LogP contribution in [0, 0.1) is 5.92 Å². The molecule has 1 aromatic carbocycles. The number of rotatable bonds is 3. The Morgan fingerprint density at radius 3 is 2.70 bits per heavy atom. The van der Waals surface area contributed by atoms with E-state index >= 15 is 0 Å². The molecule has 0 saturated heterocycles. The van der Waals surface area contributed by atoms with Crippen molar-refractivity contribution in [3.8, 4) is 5.69 Å². The molecular formula is C14H17N5O. The van der Waals surface area contributed by atoms with Crippen molar-refractivity contribution in [1.82, 2.24) is 14.8 Å². The Kier molecular flexibility index (Phi) is 3.47. The summed E-state index contributed by atoms with van der Waals surface area (Å²) in [4.78, 5) is 16.0. The van der Waals surface area contributed by atoms with Gasteiger partial charge in [0.1, 0.15) is 12.7 Å². The van der Waals surface area contributed by atoms with Crippen molar-refractivity contribution in [2.24, 2.45) is 11.7 Å². The van der Waals surface area contributed by atoms with E-state index in [4.69, 9.17) is 5.73 Å². The maximum Gasteiger partial charge on any atom is 0.227 e. The summed E-state index contributed by atoms with van der Waals surface area (Å²) in [6.45, 7) is 0. The third-order valence-electron chi connectivity index (χ3n) is 3.66. The molecule has 0 spiro atoms. The van der Waals surface area contributed by atoms with Gasteiger partial charge in [-0.15, -0.1) is 0 Å². The summed E-state index contributed by atoms with van der Waals surface area (Å²) in [6, 6.07) is 7.68. The topological polar surface area (TPSA) is 85.8 Å². The normalized spacial score (nSPS) is 21.9. The van der Waals surface area contributed by atoms with E-state index in [1.54, 1.807) is 11.0 Å². The van der Waals surface area contributed by atoms with Gasteiger partial charge in [-0.1, -0.05) is 0 Å². The largest absolute Gasteiger partial charge is 0.328 e. The minimum absolute atomic E-state index is 0.0417. The van der Waals surface area contributed by atoms with E-state index < -0.39 is 0 Å². The molecule has 1 heterocycles. The van der Waals surface area contributed by atoms with Gasteiger partial charge in [-0.25, -0.2) is 9.67 Å². The zero-order valence-electron chi connectivity index (χ0n) is 11.1. The smallest absolute Gasteiger partial charge is 0.227 e. The van der Waals surface area contributed by atoms with E-state index in [1.807, 2.05) is 24.3 Å². The second kappa shape index (κ2) is 5.42. The number of nitrogens with one attached hydrogen (secondary N) is 1. The number of carbonyl (C=O) groups excluding carboxylic acids is 1. The molecule has 6 nitrogen and oxygen atoms in total. The Morgan fingerprint density at radius 1 is 1.30 bits per heavy atom. The number of anilines is 1. The Balaban J connectivity index is 1.65. The molecule has 104 valence electrons. The molecule has 20 heavy (non-hydrogen) atoms. The second-order valence-corrected chi connectivity index (χ2v) is 5.15. The molecule has 1 aliphatic rings. The van der Waals surface area contributed by atoms with Crippen molar-refractivity contribution in [3.05, 3.63) is 36.9 Å². The first kappa shape index (κ1) is 12.8. The Morgan fingerprint density at radius 2 is 2.10 bits per heavy atom. The van der Waals surface area contributed by atoms with Crippen molar-refractivity contribution in [3.63, 3.8) is 0 Å². The lowest BCUT2D eigenvalue weighted by atomic mass is 10.1. The lowest BCUT2D eigenvalue weighted by Gasteiger charge is -2.11. The number of hydrogen-bond acceptors (Lipinski definition) is 4. The van der Waals surface area contributed by atoms with E-state index in [0.29, 0.717) is 0 Å². The first-order valence-corrected chi connectivity index (χ1v) is 6.74. The molecule has 2 unspecified atom stereocenters. The lowest BCUT2D eigenvalue weighted by molar-refractivity contribution is -0.119. The fraction of sp³-hybridized carbons (Fsp3) is 0.357. The van der Waals surface area contributed by atoms with Crippen LogP contribution in [0.3, 0.4) is 0 Å². The summed E-state index contributed by atoms with van der Waals surface area (Å²) in [5.41, 5.74) is 7.53. The van der Waals surface area contributed by atoms with Crippen LogP contribution in [0.4, 0.5) is 5.69 Å². The molecule has 0 aliphatic heterocycles. The van der Waals surface area contributed by atoms with Gasteiger partial charge < -0.3 is 11.1 Å². The fourth-order valence-electron chi connectivity index (χ4n) is 2.54. The predicted molar refractivity (Wildman–Crippen MR) is 75.3 cm³/mol. The van der Waals surface area contributed by atoms with Gasteiger partial charge in [0.25, 0.3) is 0 Å². The van der Waals surface area contributed by atoms with Crippen LogP contribution >= 0.6 is 0 Å². The summed E-state index contributed by atoms with van der Waals surface area (Å²) < 4.78 is 1.67. The predicted octanol–water partition coefficient (Wildman–Crippen LogP) is 1.33. The molecule has 2 atom stereocenters. The third-order valence-corrected chi connectivity index (χ3v) is 3.66. The van der Waals surface area contributed by atoms with Crippen molar-refractivity contribution in [2.75, 3.05) is 5.32 Å². The van der Waals surface area contributed by atoms with Crippen LogP contribution in [0.15, 0.2) is 36.9 Å². The molecule has 1 aromatic heterocycles. The van der Waals surface area contributed by atoms with Crippen LogP contribution in [0.2, 0.25) is 0 Å². The first-order valence-electron chi connectivity index (χ1n) is 6.74.